The minimum atomic E-state index is -0.203. The first-order chi connectivity index (χ1) is 11.1. The van der Waals surface area contributed by atoms with Crippen molar-refractivity contribution in [2.45, 2.75) is 66.8 Å². The van der Waals surface area contributed by atoms with Gasteiger partial charge in [-0.05, 0) is 54.0 Å². The van der Waals surface area contributed by atoms with E-state index in [1.165, 1.54) is 0 Å². The van der Waals surface area contributed by atoms with Crippen molar-refractivity contribution in [2.24, 2.45) is 0 Å². The zero-order valence-electron chi connectivity index (χ0n) is 15.7. The Morgan fingerprint density at radius 2 is 1.75 bits per heavy atom. The summed E-state index contributed by atoms with van der Waals surface area (Å²) in [6, 6.07) is 1.93. The monoisotopic (exact) mass is 329 g/mol. The van der Waals surface area contributed by atoms with Gasteiger partial charge in [0.05, 0.1) is 12.1 Å². The van der Waals surface area contributed by atoms with Crippen molar-refractivity contribution >= 4 is 5.91 Å². The van der Waals surface area contributed by atoms with Gasteiger partial charge in [0.15, 0.2) is 0 Å². The van der Waals surface area contributed by atoms with Crippen LogP contribution in [0.5, 0.6) is 0 Å². The fourth-order valence-electron chi connectivity index (χ4n) is 2.60. The number of nitrogens with zero attached hydrogens (tertiary/aromatic N) is 4. The van der Waals surface area contributed by atoms with Gasteiger partial charge in [-0.1, -0.05) is 6.92 Å². The fourth-order valence-corrected chi connectivity index (χ4v) is 2.60. The van der Waals surface area contributed by atoms with E-state index in [9.17, 15) is 4.79 Å². The predicted octanol–water partition coefficient (Wildman–Crippen LogP) is 2.74. The number of carbonyl (C=O) groups excluding carboxylic acids is 1. The lowest BCUT2D eigenvalue weighted by Crippen LogP contribution is -2.43. The Labute approximate surface area is 143 Å². The average Bonchev–Trinajstić information content (AvgIpc) is 2.74. The van der Waals surface area contributed by atoms with E-state index in [-0.39, 0.29) is 11.4 Å². The molecule has 0 saturated carbocycles. The molecule has 1 amide bonds. The number of hydrogen-bond acceptors (Lipinski definition) is 4. The SMILES string of the molecule is CCC(C)(C)NC(=O)Cc1c(C)nn(-c2nc(C)cc(C)n2)c1C. The summed E-state index contributed by atoms with van der Waals surface area (Å²) in [7, 11) is 0. The number of amides is 1. The zero-order valence-corrected chi connectivity index (χ0v) is 15.7. The van der Waals surface area contributed by atoms with Crippen molar-refractivity contribution in [1.29, 1.82) is 0 Å². The molecule has 2 rings (SSSR count). The van der Waals surface area contributed by atoms with Crippen LogP contribution in [-0.2, 0) is 11.2 Å². The number of carbonyl (C=O) groups is 1. The molecule has 0 aromatic carbocycles. The predicted molar refractivity (Wildman–Crippen MR) is 94.3 cm³/mol. The molecule has 1 N–H and O–H groups in total. The van der Waals surface area contributed by atoms with Crippen molar-refractivity contribution in [3.05, 3.63) is 34.4 Å². The number of nitrogens with one attached hydrogen (secondary N) is 1. The minimum Gasteiger partial charge on any atom is -0.351 e. The molecule has 0 radical (unpaired) electrons. The third-order valence-corrected chi connectivity index (χ3v) is 4.30. The van der Waals surface area contributed by atoms with Crippen LogP contribution in [0.15, 0.2) is 6.07 Å². The normalized spacial score (nSPS) is 11.6. The van der Waals surface area contributed by atoms with Gasteiger partial charge in [0, 0.05) is 28.2 Å². The molecular weight excluding hydrogens is 302 g/mol. The summed E-state index contributed by atoms with van der Waals surface area (Å²) in [6.07, 6.45) is 1.19. The Morgan fingerprint density at radius 3 is 2.29 bits per heavy atom. The van der Waals surface area contributed by atoms with Crippen molar-refractivity contribution in [3.8, 4) is 5.95 Å². The van der Waals surface area contributed by atoms with Gasteiger partial charge >= 0.3 is 0 Å². The highest BCUT2D eigenvalue weighted by atomic mass is 16.1. The molecule has 130 valence electrons. The Kier molecular flexibility index (Phi) is 5.06. The lowest BCUT2D eigenvalue weighted by atomic mass is 10.0. The molecule has 0 atom stereocenters. The Balaban J connectivity index is 2.31. The molecule has 2 heterocycles. The highest BCUT2D eigenvalue weighted by Gasteiger charge is 2.21. The summed E-state index contributed by atoms with van der Waals surface area (Å²) >= 11 is 0. The van der Waals surface area contributed by atoms with Crippen LogP contribution >= 0.6 is 0 Å². The van der Waals surface area contributed by atoms with Crippen molar-refractivity contribution in [3.63, 3.8) is 0 Å². The second kappa shape index (κ2) is 6.71. The molecule has 0 aliphatic rings. The molecule has 0 spiro atoms. The van der Waals surface area contributed by atoms with Gasteiger partial charge in [0.25, 0.3) is 5.95 Å². The van der Waals surface area contributed by atoms with E-state index >= 15 is 0 Å². The molecule has 0 bridgehead atoms. The first kappa shape index (κ1) is 18.1. The Hall–Kier alpha value is -2.24. The second-order valence-corrected chi connectivity index (χ2v) is 6.97. The molecule has 2 aromatic rings. The van der Waals surface area contributed by atoms with E-state index in [1.807, 2.05) is 47.6 Å². The van der Waals surface area contributed by atoms with Crippen molar-refractivity contribution < 1.29 is 4.79 Å². The third kappa shape index (κ3) is 3.99. The van der Waals surface area contributed by atoms with Crippen LogP contribution in [0.4, 0.5) is 0 Å². The van der Waals surface area contributed by atoms with E-state index in [0.717, 1.165) is 34.8 Å². The lowest BCUT2D eigenvalue weighted by Gasteiger charge is -2.24. The van der Waals surface area contributed by atoms with Gasteiger partial charge in [-0.3, -0.25) is 4.79 Å². The molecule has 0 unspecified atom stereocenters. The standard InChI is InChI=1S/C18H27N5O/c1-8-18(6,7)21-16(24)10-15-13(4)22-23(14(15)5)17-19-11(2)9-12(3)20-17/h9H,8,10H2,1-7H3,(H,21,24). The van der Waals surface area contributed by atoms with Crippen molar-refractivity contribution in [1.82, 2.24) is 25.1 Å². The third-order valence-electron chi connectivity index (χ3n) is 4.30. The smallest absolute Gasteiger partial charge is 0.251 e. The maximum Gasteiger partial charge on any atom is 0.251 e. The maximum absolute atomic E-state index is 12.4. The highest BCUT2D eigenvalue weighted by Crippen LogP contribution is 2.18. The van der Waals surface area contributed by atoms with Gasteiger partial charge in [0.1, 0.15) is 0 Å². The van der Waals surface area contributed by atoms with Crippen molar-refractivity contribution in [2.75, 3.05) is 0 Å². The van der Waals surface area contributed by atoms with Gasteiger partial charge in [-0.15, -0.1) is 0 Å². The van der Waals surface area contributed by atoms with Gasteiger partial charge in [-0.2, -0.15) is 5.10 Å². The summed E-state index contributed by atoms with van der Waals surface area (Å²) in [5, 5.41) is 7.61. The molecule has 6 nitrogen and oxygen atoms in total. The summed E-state index contributed by atoms with van der Waals surface area (Å²) in [6.45, 7) is 13.9. The molecule has 24 heavy (non-hydrogen) atoms. The minimum absolute atomic E-state index is 0.00828. The van der Waals surface area contributed by atoms with E-state index in [0.29, 0.717) is 12.4 Å². The second-order valence-electron chi connectivity index (χ2n) is 6.97. The van der Waals surface area contributed by atoms with E-state index < -0.39 is 0 Å². The van der Waals surface area contributed by atoms with E-state index in [4.69, 9.17) is 0 Å². The molecule has 0 saturated heterocycles. The summed E-state index contributed by atoms with van der Waals surface area (Å²) in [4.78, 5) is 21.3. The van der Waals surface area contributed by atoms with E-state index in [1.54, 1.807) is 4.68 Å². The van der Waals surface area contributed by atoms with Crippen LogP contribution in [0.3, 0.4) is 0 Å². The molecular formula is C18H27N5O. The molecule has 6 heteroatoms. The van der Waals surface area contributed by atoms with Gasteiger partial charge in [-0.25, -0.2) is 14.6 Å². The van der Waals surface area contributed by atoms with E-state index in [2.05, 4.69) is 27.3 Å². The highest BCUT2D eigenvalue weighted by molar-refractivity contribution is 5.79. The Bertz CT molecular complexity index is 741. The van der Waals surface area contributed by atoms with Crippen LogP contribution in [0, 0.1) is 27.7 Å². The summed E-state index contributed by atoms with van der Waals surface area (Å²) < 4.78 is 1.73. The number of aryl methyl sites for hydroxylation is 3. The van der Waals surface area contributed by atoms with Crippen LogP contribution in [-0.4, -0.2) is 31.2 Å². The average molecular weight is 329 g/mol. The quantitative estimate of drug-likeness (QED) is 0.915. The van der Waals surface area contributed by atoms with Crippen LogP contribution < -0.4 is 5.32 Å². The summed E-state index contributed by atoms with van der Waals surface area (Å²) in [5.41, 5.74) is 4.26. The van der Waals surface area contributed by atoms with Crippen LogP contribution in [0.2, 0.25) is 0 Å². The molecule has 2 aromatic heterocycles. The topological polar surface area (TPSA) is 72.7 Å². The molecule has 0 aliphatic carbocycles. The molecule has 0 fully saturated rings. The summed E-state index contributed by atoms with van der Waals surface area (Å²) in [5.74, 6) is 0.558. The first-order valence-corrected chi connectivity index (χ1v) is 8.31. The lowest BCUT2D eigenvalue weighted by molar-refractivity contribution is -0.122. The number of rotatable bonds is 5. The first-order valence-electron chi connectivity index (χ1n) is 8.31. The molecule has 0 aliphatic heterocycles. The maximum atomic E-state index is 12.4. The number of hydrogen-bond donors (Lipinski definition) is 1. The Morgan fingerprint density at radius 1 is 1.17 bits per heavy atom. The fraction of sp³-hybridized carbons (Fsp3) is 0.556. The van der Waals surface area contributed by atoms with Crippen LogP contribution in [0.1, 0.15) is 55.5 Å². The van der Waals surface area contributed by atoms with Gasteiger partial charge in [0.2, 0.25) is 5.91 Å². The largest absolute Gasteiger partial charge is 0.351 e. The zero-order chi connectivity index (χ0) is 18.1. The number of aromatic nitrogens is 4. The van der Waals surface area contributed by atoms with Crippen LogP contribution in [0.25, 0.3) is 5.95 Å². The van der Waals surface area contributed by atoms with Gasteiger partial charge < -0.3 is 5.32 Å².